The molecule has 1 saturated heterocycles. The highest BCUT2D eigenvalue weighted by atomic mass is 16.7. The van der Waals surface area contributed by atoms with Gasteiger partial charge in [-0.05, 0) is 64.2 Å². The molecule has 0 bridgehead atoms. The van der Waals surface area contributed by atoms with Crippen molar-refractivity contribution in [3.05, 3.63) is 85.1 Å². The monoisotopic (exact) mass is 687 g/mol. The second-order valence-electron chi connectivity index (χ2n) is 12.3. The smallest absolute Gasteiger partial charge is 0.220 e. The molecule has 7 unspecified atom stereocenters. The summed E-state index contributed by atoms with van der Waals surface area (Å²) < 4.78 is 11.0. The molecule has 7 atom stereocenters. The summed E-state index contributed by atoms with van der Waals surface area (Å²) in [5, 5.41) is 53.2. The Morgan fingerprint density at radius 1 is 0.714 bits per heavy atom. The van der Waals surface area contributed by atoms with E-state index in [2.05, 4.69) is 85.2 Å². The van der Waals surface area contributed by atoms with Crippen molar-refractivity contribution in [2.75, 3.05) is 13.2 Å². The number of carbonyl (C=O) groups is 1. The first-order chi connectivity index (χ1) is 23.8. The van der Waals surface area contributed by atoms with Crippen LogP contribution in [0.1, 0.15) is 104 Å². The van der Waals surface area contributed by atoms with Gasteiger partial charge in [-0.2, -0.15) is 0 Å². The Bertz CT molecular complexity index is 1030. The van der Waals surface area contributed by atoms with Gasteiger partial charge in [0.1, 0.15) is 24.4 Å². The van der Waals surface area contributed by atoms with E-state index in [0.29, 0.717) is 6.42 Å². The molecule has 1 heterocycles. The molecule has 0 saturated carbocycles. The van der Waals surface area contributed by atoms with Crippen LogP contribution in [0.2, 0.25) is 0 Å². The highest BCUT2D eigenvalue weighted by Crippen LogP contribution is 2.22. The van der Waals surface area contributed by atoms with Gasteiger partial charge in [-0.15, -0.1) is 0 Å². The zero-order valence-corrected chi connectivity index (χ0v) is 29.9. The lowest BCUT2D eigenvalue weighted by Crippen LogP contribution is -2.60. The summed E-state index contributed by atoms with van der Waals surface area (Å²) in [4.78, 5) is 12.7. The Labute approximate surface area is 295 Å². The van der Waals surface area contributed by atoms with Crippen molar-refractivity contribution >= 4 is 5.91 Å². The van der Waals surface area contributed by atoms with Crippen molar-refractivity contribution in [2.45, 2.75) is 147 Å². The van der Waals surface area contributed by atoms with Crippen LogP contribution in [0.25, 0.3) is 0 Å². The molecule has 9 nitrogen and oxygen atoms in total. The lowest BCUT2D eigenvalue weighted by Gasteiger charge is -2.40. The van der Waals surface area contributed by atoms with Crippen LogP contribution >= 0.6 is 0 Å². The summed E-state index contributed by atoms with van der Waals surface area (Å²) >= 11 is 0. The summed E-state index contributed by atoms with van der Waals surface area (Å²) in [6.45, 7) is 3.38. The number of aliphatic hydroxyl groups excluding tert-OH is 5. The second-order valence-corrected chi connectivity index (χ2v) is 12.3. The SMILES string of the molecule is CC/C=C\C/C=C\C/C=C\C/C=C\C/C=C\C/C=C\CCCCCCC(=O)NC(COC1OC(CO)C(O)C(O)C1O)C(O)/C=C/CCC. The van der Waals surface area contributed by atoms with E-state index in [4.69, 9.17) is 9.47 Å². The number of ether oxygens (including phenoxy) is 2. The Morgan fingerprint density at radius 2 is 1.27 bits per heavy atom. The van der Waals surface area contributed by atoms with Crippen molar-refractivity contribution in [3.8, 4) is 0 Å². The quantitative estimate of drug-likeness (QED) is 0.0452. The molecule has 9 heteroatoms. The number of nitrogens with one attached hydrogen (secondary N) is 1. The van der Waals surface area contributed by atoms with E-state index in [1.807, 2.05) is 13.0 Å². The molecule has 0 spiro atoms. The van der Waals surface area contributed by atoms with E-state index in [1.54, 1.807) is 6.08 Å². The molecular weight excluding hydrogens is 622 g/mol. The Hall–Kier alpha value is -2.63. The summed E-state index contributed by atoms with van der Waals surface area (Å²) in [5.41, 5.74) is 0. The van der Waals surface area contributed by atoms with Gasteiger partial charge in [0.25, 0.3) is 0 Å². The predicted octanol–water partition coefficient (Wildman–Crippen LogP) is 6.04. The topological polar surface area (TPSA) is 149 Å². The summed E-state index contributed by atoms with van der Waals surface area (Å²) in [5.74, 6) is -0.220. The zero-order chi connectivity index (χ0) is 36.0. The molecule has 1 aliphatic heterocycles. The zero-order valence-electron chi connectivity index (χ0n) is 29.9. The predicted molar refractivity (Wildman–Crippen MR) is 198 cm³/mol. The molecule has 1 fully saturated rings. The summed E-state index contributed by atoms with van der Waals surface area (Å²) in [7, 11) is 0. The van der Waals surface area contributed by atoms with Gasteiger partial charge in [0.05, 0.1) is 25.4 Å². The third-order valence-electron chi connectivity index (χ3n) is 7.96. The van der Waals surface area contributed by atoms with Gasteiger partial charge >= 0.3 is 0 Å². The molecule has 1 amide bonds. The number of amides is 1. The van der Waals surface area contributed by atoms with Crippen LogP contribution in [0.4, 0.5) is 0 Å². The van der Waals surface area contributed by atoms with Gasteiger partial charge in [-0.1, -0.05) is 118 Å². The van der Waals surface area contributed by atoms with Gasteiger partial charge in [-0.25, -0.2) is 0 Å². The van der Waals surface area contributed by atoms with Gasteiger partial charge in [-0.3, -0.25) is 4.79 Å². The number of allylic oxidation sites excluding steroid dienone is 13. The Balaban J connectivity index is 2.25. The third kappa shape index (κ3) is 21.9. The minimum atomic E-state index is -1.57. The van der Waals surface area contributed by atoms with E-state index in [0.717, 1.165) is 83.5 Å². The van der Waals surface area contributed by atoms with Crippen LogP contribution in [0.5, 0.6) is 0 Å². The van der Waals surface area contributed by atoms with Crippen LogP contribution in [0, 0.1) is 0 Å². The van der Waals surface area contributed by atoms with E-state index >= 15 is 0 Å². The Morgan fingerprint density at radius 3 is 1.82 bits per heavy atom. The Kier molecular flexibility index (Phi) is 27.4. The molecule has 49 heavy (non-hydrogen) atoms. The molecular formula is C40H65NO8. The number of rotatable bonds is 27. The molecule has 0 aromatic heterocycles. The minimum Gasteiger partial charge on any atom is -0.394 e. The lowest BCUT2D eigenvalue weighted by molar-refractivity contribution is -0.302. The molecule has 0 aromatic carbocycles. The van der Waals surface area contributed by atoms with Crippen molar-refractivity contribution in [1.29, 1.82) is 0 Å². The van der Waals surface area contributed by atoms with Crippen LogP contribution in [-0.4, -0.2) is 87.5 Å². The molecule has 1 rings (SSSR count). The normalized spacial score (nSPS) is 23.4. The summed E-state index contributed by atoms with van der Waals surface area (Å²) in [6.07, 6.45) is 34.3. The van der Waals surface area contributed by atoms with Gasteiger partial charge in [0.15, 0.2) is 6.29 Å². The van der Waals surface area contributed by atoms with Crippen LogP contribution in [-0.2, 0) is 14.3 Å². The number of aliphatic hydroxyl groups is 5. The largest absolute Gasteiger partial charge is 0.394 e. The minimum absolute atomic E-state index is 0.210. The first-order valence-electron chi connectivity index (χ1n) is 18.3. The third-order valence-corrected chi connectivity index (χ3v) is 7.96. The maximum absolute atomic E-state index is 12.7. The maximum Gasteiger partial charge on any atom is 0.220 e. The molecule has 6 N–H and O–H groups in total. The fourth-order valence-electron chi connectivity index (χ4n) is 4.99. The number of unbranched alkanes of at least 4 members (excludes halogenated alkanes) is 5. The van der Waals surface area contributed by atoms with Crippen molar-refractivity contribution < 1.29 is 39.8 Å². The number of hydrogen-bond acceptors (Lipinski definition) is 8. The van der Waals surface area contributed by atoms with Crippen LogP contribution in [0.3, 0.4) is 0 Å². The average molecular weight is 688 g/mol. The van der Waals surface area contributed by atoms with Crippen molar-refractivity contribution in [1.82, 2.24) is 5.32 Å². The van der Waals surface area contributed by atoms with Crippen molar-refractivity contribution in [2.24, 2.45) is 0 Å². The fraction of sp³-hybridized carbons (Fsp3) is 0.625. The van der Waals surface area contributed by atoms with Crippen LogP contribution < -0.4 is 5.32 Å². The lowest BCUT2D eigenvalue weighted by atomic mass is 9.99. The van der Waals surface area contributed by atoms with E-state index in [9.17, 15) is 30.3 Å². The van der Waals surface area contributed by atoms with Gasteiger partial charge in [0.2, 0.25) is 5.91 Å². The van der Waals surface area contributed by atoms with E-state index in [-0.39, 0.29) is 12.5 Å². The first kappa shape index (κ1) is 44.4. The van der Waals surface area contributed by atoms with E-state index < -0.39 is 49.5 Å². The second kappa shape index (κ2) is 30.2. The van der Waals surface area contributed by atoms with Gasteiger partial charge < -0.3 is 40.3 Å². The first-order valence-corrected chi connectivity index (χ1v) is 18.3. The van der Waals surface area contributed by atoms with Crippen LogP contribution in [0.15, 0.2) is 85.1 Å². The maximum atomic E-state index is 12.7. The summed E-state index contributed by atoms with van der Waals surface area (Å²) in [6, 6.07) is -0.818. The standard InChI is InChI=1S/C40H65NO8/c1-3-5-7-8-9-10-11-12-13-14-15-16-17-18-19-20-21-22-23-24-25-26-28-30-36(44)41-33(34(43)29-27-6-4-2)32-48-40-39(47)38(46)37(45)35(31-42)49-40/h5,7,9-10,12-13,15-16,18-19,21-22,27,29,33-35,37-40,42-43,45-47H,3-4,6,8,11,14,17,20,23-26,28,30-32H2,1-2H3,(H,41,44)/b7-5-,10-9-,13-12-,16-15-,19-18-,22-21-,29-27+. The van der Waals surface area contributed by atoms with Crippen molar-refractivity contribution in [3.63, 3.8) is 0 Å². The average Bonchev–Trinajstić information content (AvgIpc) is 3.10. The molecule has 0 aliphatic carbocycles. The van der Waals surface area contributed by atoms with E-state index in [1.165, 1.54) is 0 Å². The van der Waals surface area contributed by atoms with Gasteiger partial charge in [0, 0.05) is 6.42 Å². The molecule has 0 radical (unpaired) electrons. The fourth-order valence-corrected chi connectivity index (χ4v) is 4.99. The molecule has 278 valence electrons. The number of hydrogen-bond donors (Lipinski definition) is 6. The number of carbonyl (C=O) groups excluding carboxylic acids is 1. The highest BCUT2D eigenvalue weighted by molar-refractivity contribution is 5.76. The highest BCUT2D eigenvalue weighted by Gasteiger charge is 2.44. The molecule has 1 aliphatic rings. The molecule has 0 aromatic rings.